The second-order valence-corrected chi connectivity index (χ2v) is 6.22. The summed E-state index contributed by atoms with van der Waals surface area (Å²) in [6.45, 7) is 0. The molecule has 0 amide bonds. The van der Waals surface area contributed by atoms with E-state index in [1.54, 1.807) is 0 Å². The first kappa shape index (κ1) is 22.4. The molecule has 0 heterocycles. The van der Waals surface area contributed by atoms with E-state index in [-0.39, 0.29) is 11.1 Å². The minimum Gasteiger partial charge on any atom is -0.203 e. The smallest absolute Gasteiger partial charge is 0.200 e. The SMILES string of the molecule is Fc1c(F)c(F)c(C/C=C/c2ccc(-c3c(F)c(F)c(F)c(F)c3F)cc2)c(F)c1F. The third-order valence-corrected chi connectivity index (χ3v) is 4.34. The van der Waals surface area contributed by atoms with Gasteiger partial charge in [-0.15, -0.1) is 0 Å². The molecule has 31 heavy (non-hydrogen) atoms. The van der Waals surface area contributed by atoms with E-state index in [0.717, 1.165) is 18.2 Å². The summed E-state index contributed by atoms with van der Waals surface area (Å²) in [7, 11) is 0. The van der Waals surface area contributed by atoms with Gasteiger partial charge in [-0.25, -0.2) is 43.9 Å². The molecule has 3 rings (SSSR count). The van der Waals surface area contributed by atoms with Crippen LogP contribution < -0.4 is 0 Å². The predicted molar refractivity (Wildman–Crippen MR) is 90.6 cm³/mol. The largest absolute Gasteiger partial charge is 0.203 e. The van der Waals surface area contributed by atoms with E-state index in [2.05, 4.69) is 0 Å². The van der Waals surface area contributed by atoms with Crippen LogP contribution in [0.3, 0.4) is 0 Å². The van der Waals surface area contributed by atoms with Gasteiger partial charge in [0.15, 0.2) is 46.5 Å². The number of halogens is 10. The molecule has 0 aliphatic rings. The second kappa shape index (κ2) is 8.44. The van der Waals surface area contributed by atoms with Gasteiger partial charge in [-0.2, -0.15) is 0 Å². The van der Waals surface area contributed by atoms with Gasteiger partial charge in [0.2, 0.25) is 11.6 Å². The van der Waals surface area contributed by atoms with Crippen LogP contribution in [-0.2, 0) is 6.42 Å². The average Bonchev–Trinajstić information content (AvgIpc) is 2.77. The van der Waals surface area contributed by atoms with Crippen molar-refractivity contribution in [1.82, 2.24) is 0 Å². The van der Waals surface area contributed by atoms with E-state index in [1.807, 2.05) is 0 Å². The van der Waals surface area contributed by atoms with Crippen LogP contribution in [0.25, 0.3) is 17.2 Å². The molecule has 0 spiro atoms. The summed E-state index contributed by atoms with van der Waals surface area (Å²) in [5, 5.41) is 0. The van der Waals surface area contributed by atoms with Crippen molar-refractivity contribution in [3.63, 3.8) is 0 Å². The van der Waals surface area contributed by atoms with Crippen LogP contribution in [0.5, 0.6) is 0 Å². The fraction of sp³-hybridized carbons (Fsp3) is 0.0476. The molecule has 0 unspecified atom stereocenters. The van der Waals surface area contributed by atoms with Crippen molar-refractivity contribution in [3.05, 3.63) is 99.6 Å². The van der Waals surface area contributed by atoms with Crippen molar-refractivity contribution < 1.29 is 43.9 Å². The van der Waals surface area contributed by atoms with Crippen molar-refractivity contribution in [2.45, 2.75) is 6.42 Å². The highest BCUT2D eigenvalue weighted by atomic mass is 19.2. The maximum Gasteiger partial charge on any atom is 0.200 e. The summed E-state index contributed by atoms with van der Waals surface area (Å²) in [4.78, 5) is 0. The number of hydrogen-bond acceptors (Lipinski definition) is 0. The van der Waals surface area contributed by atoms with Gasteiger partial charge in [0.25, 0.3) is 0 Å². The van der Waals surface area contributed by atoms with Gasteiger partial charge in [-0.05, 0) is 17.5 Å². The maximum absolute atomic E-state index is 13.9. The molecule has 0 aromatic heterocycles. The zero-order valence-electron chi connectivity index (χ0n) is 15.0. The summed E-state index contributed by atoms with van der Waals surface area (Å²) >= 11 is 0. The van der Waals surface area contributed by atoms with Crippen molar-refractivity contribution in [1.29, 1.82) is 0 Å². The first-order valence-corrected chi connectivity index (χ1v) is 8.34. The van der Waals surface area contributed by atoms with Gasteiger partial charge in [0.05, 0.1) is 5.56 Å². The molecule has 0 saturated heterocycles. The molecular formula is C21H8F10. The van der Waals surface area contributed by atoms with Crippen LogP contribution in [0, 0.1) is 58.2 Å². The van der Waals surface area contributed by atoms with Crippen LogP contribution in [0.1, 0.15) is 11.1 Å². The number of rotatable bonds is 4. The Hall–Kier alpha value is -3.30. The van der Waals surface area contributed by atoms with Crippen LogP contribution in [0.15, 0.2) is 30.3 Å². The summed E-state index contributed by atoms with van der Waals surface area (Å²) in [6, 6.07) is 4.41. The Morgan fingerprint density at radius 1 is 0.484 bits per heavy atom. The fourth-order valence-electron chi connectivity index (χ4n) is 2.76. The van der Waals surface area contributed by atoms with Gasteiger partial charge in [-0.3, -0.25) is 0 Å². The molecule has 0 bridgehead atoms. The van der Waals surface area contributed by atoms with E-state index in [0.29, 0.717) is 0 Å². The van der Waals surface area contributed by atoms with Gasteiger partial charge < -0.3 is 0 Å². The Bertz CT molecular complexity index is 1140. The standard InChI is InChI=1S/C21H8F10/c22-12-10(13(23)17(27)20(30)16(12)26)3-1-2-8-4-6-9(7-5-8)11-14(24)18(28)21(31)19(29)15(11)25/h1-2,4-7H,3H2/b2-1+. The third-order valence-electron chi connectivity index (χ3n) is 4.34. The van der Waals surface area contributed by atoms with Crippen LogP contribution in [0.4, 0.5) is 43.9 Å². The molecule has 0 atom stereocenters. The van der Waals surface area contributed by atoms with Crippen LogP contribution >= 0.6 is 0 Å². The summed E-state index contributed by atoms with van der Waals surface area (Å²) in [5.41, 5.74) is -2.31. The summed E-state index contributed by atoms with van der Waals surface area (Å²) in [5.74, 6) is -21.0. The quantitative estimate of drug-likeness (QED) is 0.228. The van der Waals surface area contributed by atoms with E-state index in [9.17, 15) is 43.9 Å². The lowest BCUT2D eigenvalue weighted by Gasteiger charge is -2.09. The highest BCUT2D eigenvalue weighted by molar-refractivity contribution is 5.67. The Kier molecular flexibility index (Phi) is 6.10. The monoisotopic (exact) mass is 450 g/mol. The second-order valence-electron chi connectivity index (χ2n) is 6.22. The Balaban J connectivity index is 1.88. The molecule has 162 valence electrons. The highest BCUT2D eigenvalue weighted by Gasteiger charge is 2.27. The fourth-order valence-corrected chi connectivity index (χ4v) is 2.76. The van der Waals surface area contributed by atoms with Gasteiger partial charge in [-0.1, -0.05) is 36.4 Å². The Morgan fingerprint density at radius 3 is 1.32 bits per heavy atom. The maximum atomic E-state index is 13.9. The number of allylic oxidation sites excluding steroid dienone is 1. The van der Waals surface area contributed by atoms with Gasteiger partial charge in [0, 0.05) is 5.56 Å². The van der Waals surface area contributed by atoms with E-state index in [1.165, 1.54) is 18.2 Å². The zero-order valence-corrected chi connectivity index (χ0v) is 15.0. The van der Waals surface area contributed by atoms with Crippen molar-refractivity contribution in [2.24, 2.45) is 0 Å². The summed E-state index contributed by atoms with van der Waals surface area (Å²) < 4.78 is 134. The first-order chi connectivity index (χ1) is 14.6. The van der Waals surface area contributed by atoms with E-state index >= 15 is 0 Å². The molecule has 3 aromatic carbocycles. The first-order valence-electron chi connectivity index (χ1n) is 8.34. The number of hydrogen-bond donors (Lipinski definition) is 0. The van der Waals surface area contributed by atoms with Crippen molar-refractivity contribution >= 4 is 6.08 Å². The van der Waals surface area contributed by atoms with Crippen LogP contribution in [-0.4, -0.2) is 0 Å². The van der Waals surface area contributed by atoms with Gasteiger partial charge in [0.1, 0.15) is 0 Å². The Morgan fingerprint density at radius 2 is 0.871 bits per heavy atom. The molecule has 0 nitrogen and oxygen atoms in total. The molecule has 0 saturated carbocycles. The zero-order chi connectivity index (χ0) is 23.0. The lowest BCUT2D eigenvalue weighted by Crippen LogP contribution is -2.06. The minimum atomic E-state index is -2.30. The molecule has 0 aliphatic carbocycles. The van der Waals surface area contributed by atoms with Crippen LogP contribution in [0.2, 0.25) is 0 Å². The average molecular weight is 450 g/mol. The van der Waals surface area contributed by atoms with Crippen molar-refractivity contribution in [2.75, 3.05) is 0 Å². The molecular weight excluding hydrogens is 442 g/mol. The number of benzene rings is 3. The van der Waals surface area contributed by atoms with E-state index in [4.69, 9.17) is 0 Å². The highest BCUT2D eigenvalue weighted by Crippen LogP contribution is 2.32. The molecule has 0 radical (unpaired) electrons. The normalized spacial score (nSPS) is 11.5. The topological polar surface area (TPSA) is 0 Å². The summed E-state index contributed by atoms with van der Waals surface area (Å²) in [6.07, 6.45) is 1.58. The van der Waals surface area contributed by atoms with Gasteiger partial charge >= 0.3 is 0 Å². The third kappa shape index (κ3) is 3.89. The predicted octanol–water partition coefficient (Wildman–Crippen LogP) is 7.00. The molecule has 0 aliphatic heterocycles. The minimum absolute atomic E-state index is 0.247. The molecule has 3 aromatic rings. The Labute approximate surface area is 168 Å². The lowest BCUT2D eigenvalue weighted by atomic mass is 10.0. The molecule has 0 fully saturated rings. The van der Waals surface area contributed by atoms with Crippen molar-refractivity contribution in [3.8, 4) is 11.1 Å². The molecule has 10 heteroatoms. The van der Waals surface area contributed by atoms with E-state index < -0.39 is 75.7 Å². The molecule has 0 N–H and O–H groups in total. The lowest BCUT2D eigenvalue weighted by molar-refractivity contribution is 0.371.